The quantitative estimate of drug-likeness (QED) is 0.743. The van der Waals surface area contributed by atoms with Crippen molar-refractivity contribution in [2.75, 3.05) is 26.1 Å². The SMILES string of the molecule is CCCN1C(=O)C(Nc2ccc(C)cc2)=C(c2ccc(OC)c(OC)c2)C1=O. The molecule has 2 aromatic carbocycles. The van der Waals surface area contributed by atoms with Gasteiger partial charge in [0.25, 0.3) is 11.8 Å². The second-order valence-electron chi connectivity index (χ2n) is 6.57. The molecule has 0 radical (unpaired) electrons. The monoisotopic (exact) mass is 380 g/mol. The largest absolute Gasteiger partial charge is 0.493 e. The van der Waals surface area contributed by atoms with Gasteiger partial charge in [-0.3, -0.25) is 14.5 Å². The van der Waals surface area contributed by atoms with Crippen molar-refractivity contribution in [2.24, 2.45) is 0 Å². The fourth-order valence-corrected chi connectivity index (χ4v) is 3.16. The van der Waals surface area contributed by atoms with E-state index < -0.39 is 0 Å². The lowest BCUT2D eigenvalue weighted by molar-refractivity contribution is -0.136. The number of amides is 2. The van der Waals surface area contributed by atoms with Gasteiger partial charge in [-0.2, -0.15) is 0 Å². The number of benzene rings is 2. The first-order valence-electron chi connectivity index (χ1n) is 9.16. The van der Waals surface area contributed by atoms with Crippen molar-refractivity contribution in [3.05, 3.63) is 59.3 Å². The average Bonchev–Trinajstić information content (AvgIpc) is 2.93. The third-order valence-corrected chi connectivity index (χ3v) is 4.61. The summed E-state index contributed by atoms with van der Waals surface area (Å²) in [6, 6.07) is 12.9. The van der Waals surface area contributed by atoms with E-state index in [1.165, 1.54) is 12.0 Å². The Morgan fingerprint density at radius 2 is 1.61 bits per heavy atom. The van der Waals surface area contributed by atoms with Gasteiger partial charge in [0, 0.05) is 12.2 Å². The molecule has 3 rings (SSSR count). The van der Waals surface area contributed by atoms with Crippen molar-refractivity contribution in [2.45, 2.75) is 20.3 Å². The lowest BCUT2D eigenvalue weighted by Gasteiger charge is -2.14. The number of carbonyl (C=O) groups is 2. The number of aryl methyl sites for hydroxylation is 1. The van der Waals surface area contributed by atoms with Crippen LogP contribution in [0.4, 0.5) is 5.69 Å². The first kappa shape index (κ1) is 19.5. The Hall–Kier alpha value is -3.28. The van der Waals surface area contributed by atoms with Crippen LogP contribution in [0.3, 0.4) is 0 Å². The smallest absolute Gasteiger partial charge is 0.278 e. The molecule has 0 atom stereocenters. The topological polar surface area (TPSA) is 67.9 Å². The normalized spacial score (nSPS) is 13.9. The molecular formula is C22H24N2O4. The molecule has 1 aliphatic rings. The molecule has 0 spiro atoms. The summed E-state index contributed by atoms with van der Waals surface area (Å²) in [7, 11) is 3.08. The summed E-state index contributed by atoms with van der Waals surface area (Å²) < 4.78 is 10.6. The highest BCUT2D eigenvalue weighted by Crippen LogP contribution is 2.35. The van der Waals surface area contributed by atoms with E-state index in [0.717, 1.165) is 11.3 Å². The van der Waals surface area contributed by atoms with Crippen molar-refractivity contribution in [1.82, 2.24) is 4.90 Å². The number of nitrogens with one attached hydrogen (secondary N) is 1. The minimum absolute atomic E-state index is 0.273. The third kappa shape index (κ3) is 3.58. The summed E-state index contributed by atoms with van der Waals surface area (Å²) in [6.07, 6.45) is 0.689. The van der Waals surface area contributed by atoms with E-state index in [-0.39, 0.29) is 17.5 Å². The highest BCUT2D eigenvalue weighted by atomic mass is 16.5. The molecule has 1 heterocycles. The number of nitrogens with zero attached hydrogens (tertiary/aromatic N) is 1. The number of hydrogen-bond acceptors (Lipinski definition) is 5. The van der Waals surface area contributed by atoms with Crippen LogP contribution in [0.25, 0.3) is 5.57 Å². The summed E-state index contributed by atoms with van der Waals surface area (Å²) in [5, 5.41) is 3.15. The van der Waals surface area contributed by atoms with Gasteiger partial charge in [0.05, 0.1) is 19.8 Å². The van der Waals surface area contributed by atoms with Crippen LogP contribution in [0.1, 0.15) is 24.5 Å². The molecule has 1 N–H and O–H groups in total. The number of carbonyl (C=O) groups excluding carboxylic acids is 2. The summed E-state index contributed by atoms with van der Waals surface area (Å²) in [4.78, 5) is 27.3. The molecule has 0 bridgehead atoms. The molecule has 0 saturated carbocycles. The molecule has 28 heavy (non-hydrogen) atoms. The Morgan fingerprint density at radius 3 is 2.21 bits per heavy atom. The highest BCUT2D eigenvalue weighted by Gasteiger charge is 2.38. The van der Waals surface area contributed by atoms with Crippen LogP contribution >= 0.6 is 0 Å². The van der Waals surface area contributed by atoms with Crippen LogP contribution in [-0.2, 0) is 9.59 Å². The van der Waals surface area contributed by atoms with Crippen molar-refractivity contribution < 1.29 is 19.1 Å². The van der Waals surface area contributed by atoms with Crippen LogP contribution in [0.15, 0.2) is 48.2 Å². The molecule has 0 aliphatic carbocycles. The lowest BCUT2D eigenvalue weighted by atomic mass is 10.0. The Kier molecular flexibility index (Phi) is 5.68. The van der Waals surface area contributed by atoms with Crippen molar-refractivity contribution in [1.29, 1.82) is 0 Å². The summed E-state index contributed by atoms with van der Waals surface area (Å²) in [5.74, 6) is 0.421. The second-order valence-corrected chi connectivity index (χ2v) is 6.57. The van der Waals surface area contributed by atoms with Crippen molar-refractivity contribution in [3.63, 3.8) is 0 Å². The maximum absolute atomic E-state index is 13.1. The zero-order valence-electron chi connectivity index (χ0n) is 16.5. The maximum atomic E-state index is 13.1. The van der Waals surface area contributed by atoms with Crippen LogP contribution in [0, 0.1) is 6.92 Å². The molecule has 6 heteroatoms. The van der Waals surface area contributed by atoms with Crippen LogP contribution in [0.2, 0.25) is 0 Å². The van der Waals surface area contributed by atoms with E-state index in [2.05, 4.69) is 5.32 Å². The predicted octanol–water partition coefficient (Wildman–Crippen LogP) is 3.61. The molecule has 0 aromatic heterocycles. The van der Waals surface area contributed by atoms with E-state index in [9.17, 15) is 9.59 Å². The van der Waals surface area contributed by atoms with Crippen molar-refractivity contribution >= 4 is 23.1 Å². The zero-order chi connectivity index (χ0) is 20.3. The number of hydrogen-bond donors (Lipinski definition) is 1. The molecule has 6 nitrogen and oxygen atoms in total. The summed E-state index contributed by atoms with van der Waals surface area (Å²) in [6.45, 7) is 4.29. The maximum Gasteiger partial charge on any atom is 0.278 e. The van der Waals surface area contributed by atoms with Gasteiger partial charge in [-0.05, 0) is 43.2 Å². The van der Waals surface area contributed by atoms with Gasteiger partial charge >= 0.3 is 0 Å². The molecule has 0 saturated heterocycles. The van der Waals surface area contributed by atoms with E-state index in [1.807, 2.05) is 38.1 Å². The fraction of sp³-hybridized carbons (Fsp3) is 0.273. The number of ether oxygens (including phenoxy) is 2. The molecule has 0 unspecified atom stereocenters. The standard InChI is InChI=1S/C22H24N2O4/c1-5-12-24-21(25)19(15-8-11-17(27-3)18(13-15)28-4)20(22(24)26)23-16-9-6-14(2)7-10-16/h6-11,13,23H,5,12H2,1-4H3. The second kappa shape index (κ2) is 8.17. The van der Waals surface area contributed by atoms with Gasteiger partial charge in [-0.1, -0.05) is 30.7 Å². The minimum Gasteiger partial charge on any atom is -0.493 e. The molecule has 2 amide bonds. The number of methoxy groups -OCH3 is 2. The molecular weight excluding hydrogens is 356 g/mol. The van der Waals surface area contributed by atoms with E-state index in [0.29, 0.717) is 35.6 Å². The van der Waals surface area contributed by atoms with E-state index in [1.54, 1.807) is 25.3 Å². The van der Waals surface area contributed by atoms with Gasteiger partial charge < -0.3 is 14.8 Å². The Balaban J connectivity index is 2.10. The summed E-state index contributed by atoms with van der Waals surface area (Å²) in [5.41, 5.74) is 3.07. The first-order valence-corrected chi connectivity index (χ1v) is 9.16. The van der Waals surface area contributed by atoms with E-state index in [4.69, 9.17) is 9.47 Å². The third-order valence-electron chi connectivity index (χ3n) is 4.61. The Bertz CT molecular complexity index is 932. The van der Waals surface area contributed by atoms with Crippen molar-refractivity contribution in [3.8, 4) is 11.5 Å². The average molecular weight is 380 g/mol. The van der Waals surface area contributed by atoms with E-state index >= 15 is 0 Å². The highest BCUT2D eigenvalue weighted by molar-refractivity contribution is 6.36. The predicted molar refractivity (Wildman–Crippen MR) is 108 cm³/mol. The number of rotatable bonds is 7. The molecule has 146 valence electrons. The Labute approximate surface area is 164 Å². The first-order chi connectivity index (χ1) is 13.5. The Morgan fingerprint density at radius 1 is 0.929 bits per heavy atom. The van der Waals surface area contributed by atoms with Gasteiger partial charge in [-0.25, -0.2) is 0 Å². The number of imide groups is 1. The van der Waals surface area contributed by atoms with Crippen LogP contribution in [0.5, 0.6) is 11.5 Å². The minimum atomic E-state index is -0.322. The van der Waals surface area contributed by atoms with Crippen LogP contribution in [-0.4, -0.2) is 37.5 Å². The van der Waals surface area contributed by atoms with Gasteiger partial charge in [0.15, 0.2) is 11.5 Å². The van der Waals surface area contributed by atoms with Gasteiger partial charge in [-0.15, -0.1) is 0 Å². The van der Waals surface area contributed by atoms with Crippen LogP contribution < -0.4 is 14.8 Å². The zero-order valence-corrected chi connectivity index (χ0v) is 16.5. The number of anilines is 1. The molecule has 2 aromatic rings. The fourth-order valence-electron chi connectivity index (χ4n) is 3.16. The molecule has 0 fully saturated rings. The lowest BCUT2D eigenvalue weighted by Crippen LogP contribution is -2.33. The molecule has 1 aliphatic heterocycles. The summed E-state index contributed by atoms with van der Waals surface area (Å²) >= 11 is 0. The van der Waals surface area contributed by atoms with Gasteiger partial charge in [0.2, 0.25) is 0 Å². The van der Waals surface area contributed by atoms with Gasteiger partial charge in [0.1, 0.15) is 5.70 Å².